The van der Waals surface area contributed by atoms with Crippen molar-refractivity contribution in [1.29, 1.82) is 0 Å². The number of nitrogens with two attached hydrogens (primary N) is 1. The first-order valence-electron chi connectivity index (χ1n) is 5.22. The topological polar surface area (TPSA) is 62.0 Å². The van der Waals surface area contributed by atoms with E-state index in [0.29, 0.717) is 12.3 Å². The molecule has 4 N–H and O–H groups in total. The lowest BCUT2D eigenvalue weighted by Gasteiger charge is -1.99. The van der Waals surface area contributed by atoms with Gasteiger partial charge in [-0.05, 0) is 50.1 Å². The van der Waals surface area contributed by atoms with E-state index in [1.165, 1.54) is 11.3 Å². The molecule has 0 aliphatic carbocycles. The predicted octanol–water partition coefficient (Wildman–Crippen LogP) is 2.07. The third-order valence-electron chi connectivity index (χ3n) is 2.73. The second kappa shape index (κ2) is 3.95. The summed E-state index contributed by atoms with van der Waals surface area (Å²) in [4.78, 5) is 3.31. The van der Waals surface area contributed by atoms with Crippen molar-refractivity contribution in [2.75, 3.05) is 6.54 Å². The Hall–Kier alpha value is -1.48. The fraction of sp³-hybridized carbons (Fsp3) is 0.333. The van der Waals surface area contributed by atoms with E-state index in [0.717, 1.165) is 23.7 Å². The van der Waals surface area contributed by atoms with Crippen LogP contribution in [0.5, 0.6) is 5.75 Å². The normalized spacial score (nSPS) is 11.1. The first-order valence-corrected chi connectivity index (χ1v) is 5.22. The van der Waals surface area contributed by atoms with E-state index in [1.807, 2.05) is 12.1 Å². The molecule has 0 unspecified atom stereocenters. The quantitative estimate of drug-likeness (QED) is 0.716. The first-order chi connectivity index (χ1) is 7.22. The summed E-state index contributed by atoms with van der Waals surface area (Å²) >= 11 is 0. The zero-order valence-corrected chi connectivity index (χ0v) is 8.88. The summed E-state index contributed by atoms with van der Waals surface area (Å²) in [6, 6.07) is 5.42. The van der Waals surface area contributed by atoms with Crippen LogP contribution in [0.25, 0.3) is 10.9 Å². The molecule has 15 heavy (non-hydrogen) atoms. The summed E-state index contributed by atoms with van der Waals surface area (Å²) in [5, 5.41) is 10.6. The molecule has 2 aromatic rings. The Bertz CT molecular complexity index is 474. The van der Waals surface area contributed by atoms with Gasteiger partial charge in [-0.25, -0.2) is 0 Å². The lowest BCUT2D eigenvalue weighted by Crippen LogP contribution is -2.00. The van der Waals surface area contributed by atoms with Gasteiger partial charge >= 0.3 is 0 Å². The smallest absolute Gasteiger partial charge is 0.116 e. The summed E-state index contributed by atoms with van der Waals surface area (Å²) in [5.74, 6) is 0.315. The van der Waals surface area contributed by atoms with Gasteiger partial charge in [-0.2, -0.15) is 0 Å². The predicted molar refractivity (Wildman–Crippen MR) is 62.1 cm³/mol. The Kier molecular flexibility index (Phi) is 2.64. The molecule has 0 bridgehead atoms. The number of aromatic nitrogens is 1. The molecule has 1 aromatic heterocycles. The van der Waals surface area contributed by atoms with Gasteiger partial charge in [0.2, 0.25) is 0 Å². The number of hydrogen-bond donors (Lipinski definition) is 3. The molecule has 1 aromatic carbocycles. The van der Waals surface area contributed by atoms with Gasteiger partial charge in [0, 0.05) is 16.6 Å². The van der Waals surface area contributed by atoms with Crippen molar-refractivity contribution in [2.24, 2.45) is 5.73 Å². The van der Waals surface area contributed by atoms with E-state index < -0.39 is 0 Å². The highest BCUT2D eigenvalue weighted by Crippen LogP contribution is 2.26. The number of H-pyrrole nitrogens is 1. The molecule has 0 aliphatic rings. The third-order valence-corrected chi connectivity index (χ3v) is 2.73. The molecule has 3 heteroatoms. The highest BCUT2D eigenvalue weighted by Gasteiger charge is 2.08. The summed E-state index contributed by atoms with van der Waals surface area (Å²) < 4.78 is 0. The maximum atomic E-state index is 9.45. The molecular formula is C12H16N2O. The first kappa shape index (κ1) is 10.1. The second-order valence-electron chi connectivity index (χ2n) is 3.85. The van der Waals surface area contributed by atoms with Crippen molar-refractivity contribution in [3.8, 4) is 5.75 Å². The number of aryl methyl sites for hydroxylation is 2. The Morgan fingerprint density at radius 1 is 1.40 bits per heavy atom. The zero-order valence-electron chi connectivity index (χ0n) is 8.88. The molecule has 0 aliphatic heterocycles. The molecular weight excluding hydrogens is 188 g/mol. The van der Waals surface area contributed by atoms with Crippen LogP contribution in [0.3, 0.4) is 0 Å². The molecule has 0 radical (unpaired) electrons. The van der Waals surface area contributed by atoms with Gasteiger partial charge in [0.1, 0.15) is 5.75 Å². The van der Waals surface area contributed by atoms with Crippen LogP contribution in [-0.4, -0.2) is 16.6 Å². The standard InChI is InChI=1S/C12H16N2O/c1-8-10(3-2-6-13)11-7-9(15)4-5-12(11)14-8/h4-5,7,14-15H,2-3,6,13H2,1H3. The van der Waals surface area contributed by atoms with Crippen molar-refractivity contribution >= 4 is 10.9 Å². The summed E-state index contributed by atoms with van der Waals surface area (Å²) in [7, 11) is 0. The molecule has 2 rings (SSSR count). The SMILES string of the molecule is Cc1[nH]c2ccc(O)cc2c1CCCN. The van der Waals surface area contributed by atoms with Crippen LogP contribution in [0.1, 0.15) is 17.7 Å². The molecule has 0 atom stereocenters. The summed E-state index contributed by atoms with van der Waals surface area (Å²) in [6.45, 7) is 2.76. The Morgan fingerprint density at radius 2 is 2.20 bits per heavy atom. The van der Waals surface area contributed by atoms with Gasteiger partial charge in [-0.1, -0.05) is 0 Å². The Labute approximate surface area is 88.9 Å². The fourth-order valence-corrected chi connectivity index (χ4v) is 1.97. The molecule has 1 heterocycles. The van der Waals surface area contributed by atoms with E-state index in [4.69, 9.17) is 5.73 Å². The maximum Gasteiger partial charge on any atom is 0.116 e. The second-order valence-corrected chi connectivity index (χ2v) is 3.85. The van der Waals surface area contributed by atoms with Crippen LogP contribution in [0, 0.1) is 6.92 Å². The molecule has 0 spiro atoms. The van der Waals surface area contributed by atoms with Crippen LogP contribution in [0.2, 0.25) is 0 Å². The number of aromatic hydroxyl groups is 1. The molecule has 0 saturated heterocycles. The van der Waals surface area contributed by atoms with Crippen molar-refractivity contribution in [3.05, 3.63) is 29.5 Å². The van der Waals surface area contributed by atoms with Gasteiger partial charge in [-0.3, -0.25) is 0 Å². The van der Waals surface area contributed by atoms with Gasteiger partial charge in [-0.15, -0.1) is 0 Å². The van der Waals surface area contributed by atoms with Crippen LogP contribution < -0.4 is 5.73 Å². The monoisotopic (exact) mass is 204 g/mol. The molecule has 3 nitrogen and oxygen atoms in total. The number of benzene rings is 1. The van der Waals surface area contributed by atoms with Gasteiger partial charge in [0.05, 0.1) is 0 Å². The minimum absolute atomic E-state index is 0.315. The number of hydrogen-bond acceptors (Lipinski definition) is 2. The Balaban J connectivity index is 2.50. The third kappa shape index (κ3) is 1.83. The fourth-order valence-electron chi connectivity index (χ4n) is 1.97. The highest BCUT2D eigenvalue weighted by molar-refractivity contribution is 5.85. The number of phenols is 1. The van der Waals surface area contributed by atoms with E-state index >= 15 is 0 Å². The largest absolute Gasteiger partial charge is 0.508 e. The molecule has 80 valence electrons. The number of fused-ring (bicyclic) bond motifs is 1. The minimum Gasteiger partial charge on any atom is -0.508 e. The van der Waals surface area contributed by atoms with Gasteiger partial charge < -0.3 is 15.8 Å². The van der Waals surface area contributed by atoms with E-state index in [2.05, 4.69) is 11.9 Å². The number of nitrogens with one attached hydrogen (secondary N) is 1. The van der Waals surface area contributed by atoms with E-state index in [9.17, 15) is 5.11 Å². The zero-order chi connectivity index (χ0) is 10.8. The lowest BCUT2D eigenvalue weighted by atomic mass is 10.1. The van der Waals surface area contributed by atoms with Crippen molar-refractivity contribution < 1.29 is 5.11 Å². The average molecular weight is 204 g/mol. The number of rotatable bonds is 3. The minimum atomic E-state index is 0.315. The van der Waals surface area contributed by atoms with Crippen LogP contribution in [0.15, 0.2) is 18.2 Å². The molecule has 0 fully saturated rings. The maximum absolute atomic E-state index is 9.45. The summed E-state index contributed by atoms with van der Waals surface area (Å²) in [5.41, 5.74) is 9.03. The van der Waals surface area contributed by atoms with E-state index in [-0.39, 0.29) is 0 Å². The number of phenolic OH excluding ortho intramolecular Hbond substituents is 1. The lowest BCUT2D eigenvalue weighted by molar-refractivity contribution is 0.476. The van der Waals surface area contributed by atoms with Crippen LogP contribution in [0.4, 0.5) is 0 Å². The highest BCUT2D eigenvalue weighted by atomic mass is 16.3. The van der Waals surface area contributed by atoms with Crippen LogP contribution in [-0.2, 0) is 6.42 Å². The van der Waals surface area contributed by atoms with Crippen LogP contribution >= 0.6 is 0 Å². The average Bonchev–Trinajstić information content (AvgIpc) is 2.51. The van der Waals surface area contributed by atoms with Crippen molar-refractivity contribution in [3.63, 3.8) is 0 Å². The van der Waals surface area contributed by atoms with Crippen molar-refractivity contribution in [2.45, 2.75) is 19.8 Å². The van der Waals surface area contributed by atoms with Gasteiger partial charge in [0.15, 0.2) is 0 Å². The van der Waals surface area contributed by atoms with E-state index in [1.54, 1.807) is 6.07 Å². The Morgan fingerprint density at radius 3 is 2.93 bits per heavy atom. The molecule has 0 saturated carbocycles. The number of aromatic amines is 1. The van der Waals surface area contributed by atoms with Crippen molar-refractivity contribution in [1.82, 2.24) is 4.98 Å². The molecule has 0 amide bonds. The van der Waals surface area contributed by atoms with Gasteiger partial charge in [0.25, 0.3) is 0 Å². The summed E-state index contributed by atoms with van der Waals surface area (Å²) in [6.07, 6.45) is 1.94.